The van der Waals surface area contributed by atoms with Crippen LogP contribution in [0.25, 0.3) is 11.2 Å². The largest absolute Gasteiger partial charge is 0.473 e. The van der Waals surface area contributed by atoms with Crippen molar-refractivity contribution in [2.24, 2.45) is 0 Å². The van der Waals surface area contributed by atoms with Crippen molar-refractivity contribution >= 4 is 23.0 Å². The minimum atomic E-state index is -1.01. The number of nitrogens with one attached hydrogen (secondary N) is 2. The molecule has 2 N–H and O–H groups in total. The van der Waals surface area contributed by atoms with Crippen LogP contribution in [0.4, 0.5) is 4.39 Å². The highest BCUT2D eigenvalue weighted by atomic mass is 19.1. The zero-order valence-corrected chi connectivity index (χ0v) is 16.1. The lowest BCUT2D eigenvalue weighted by Crippen LogP contribution is -2.41. The fraction of sp³-hybridized carbons (Fsp3) is 0.500. The highest BCUT2D eigenvalue weighted by molar-refractivity contribution is 6.04. The number of amides is 2. The van der Waals surface area contributed by atoms with Crippen LogP contribution in [0.1, 0.15) is 42.5 Å². The summed E-state index contributed by atoms with van der Waals surface area (Å²) in [5.74, 6) is -0.122. The van der Waals surface area contributed by atoms with Crippen molar-refractivity contribution in [3.8, 4) is 5.88 Å². The summed E-state index contributed by atoms with van der Waals surface area (Å²) in [5.41, 5.74) is 1.19. The molecule has 0 radical (unpaired) electrons. The molecule has 29 heavy (non-hydrogen) atoms. The van der Waals surface area contributed by atoms with E-state index in [9.17, 15) is 14.0 Å². The number of carbonyl (C=O) groups excluding carboxylic acids is 2. The lowest BCUT2D eigenvalue weighted by Gasteiger charge is -2.31. The molecule has 2 aromatic heterocycles. The Morgan fingerprint density at radius 3 is 2.79 bits per heavy atom. The molecular formula is C20H24FN5O3. The van der Waals surface area contributed by atoms with Gasteiger partial charge in [0, 0.05) is 32.1 Å². The number of aromatic amines is 1. The molecule has 2 fully saturated rings. The van der Waals surface area contributed by atoms with Gasteiger partial charge in [-0.15, -0.1) is 0 Å². The number of alkyl halides is 1. The third kappa shape index (κ3) is 4.08. The van der Waals surface area contributed by atoms with Gasteiger partial charge in [-0.3, -0.25) is 9.59 Å². The van der Waals surface area contributed by atoms with E-state index in [2.05, 4.69) is 26.8 Å². The van der Waals surface area contributed by atoms with Crippen molar-refractivity contribution < 1.29 is 18.7 Å². The predicted octanol–water partition coefficient (Wildman–Crippen LogP) is 2.13. The molecule has 1 aliphatic carbocycles. The van der Waals surface area contributed by atoms with Crippen molar-refractivity contribution in [2.45, 2.75) is 50.4 Å². The van der Waals surface area contributed by atoms with Crippen LogP contribution in [0.15, 0.2) is 25.0 Å². The summed E-state index contributed by atoms with van der Waals surface area (Å²) in [7, 11) is 0. The first-order chi connectivity index (χ1) is 14.0. The second-order valence-corrected chi connectivity index (χ2v) is 7.48. The normalized spacial score (nSPS) is 22.6. The maximum atomic E-state index is 13.8. The number of H-pyrrole nitrogens is 1. The summed E-state index contributed by atoms with van der Waals surface area (Å²) in [4.78, 5) is 37.7. The van der Waals surface area contributed by atoms with Gasteiger partial charge >= 0.3 is 0 Å². The Balaban J connectivity index is 1.44. The molecule has 1 unspecified atom stereocenters. The number of hydrogen-bond donors (Lipinski definition) is 2. The molecule has 0 spiro atoms. The summed E-state index contributed by atoms with van der Waals surface area (Å²) in [6.45, 7) is 4.69. The standard InChI is InChI=1S/C20H24FN5O3/c1-2-17(27)26-8-6-12(7-9-26)29-16-11-23-19-18(25-16)13(10-22-19)20(28)24-15-5-3-4-14(15)21/h2,10-12,14-15H,1,3-9H2,(H,22,23)(H,24,28)/t14-,15?/m0/s1. The molecule has 4 rings (SSSR count). The van der Waals surface area contributed by atoms with Crippen LogP contribution in [0.5, 0.6) is 5.88 Å². The van der Waals surface area contributed by atoms with Crippen LogP contribution in [-0.4, -0.2) is 63.1 Å². The van der Waals surface area contributed by atoms with Gasteiger partial charge in [0.1, 0.15) is 17.8 Å². The van der Waals surface area contributed by atoms with Gasteiger partial charge < -0.3 is 19.9 Å². The zero-order chi connectivity index (χ0) is 20.4. The van der Waals surface area contributed by atoms with E-state index in [1.165, 1.54) is 18.5 Å². The first-order valence-corrected chi connectivity index (χ1v) is 9.92. The van der Waals surface area contributed by atoms with E-state index in [4.69, 9.17) is 4.74 Å². The van der Waals surface area contributed by atoms with Crippen LogP contribution < -0.4 is 10.1 Å². The third-order valence-electron chi connectivity index (χ3n) is 5.57. The van der Waals surface area contributed by atoms with E-state index in [0.29, 0.717) is 61.4 Å². The van der Waals surface area contributed by atoms with Gasteiger partial charge in [0.05, 0.1) is 17.8 Å². The molecule has 9 heteroatoms. The fourth-order valence-corrected chi connectivity index (χ4v) is 3.92. The minimum absolute atomic E-state index is 0.0783. The molecule has 1 saturated carbocycles. The summed E-state index contributed by atoms with van der Waals surface area (Å²) < 4.78 is 19.8. The highest BCUT2D eigenvalue weighted by Crippen LogP contribution is 2.24. The number of fused-ring (bicyclic) bond motifs is 1. The van der Waals surface area contributed by atoms with Gasteiger partial charge in [0.15, 0.2) is 5.65 Å². The van der Waals surface area contributed by atoms with E-state index in [-0.39, 0.29) is 17.9 Å². The number of carbonyl (C=O) groups is 2. The Bertz CT molecular complexity index is 922. The van der Waals surface area contributed by atoms with Crippen molar-refractivity contribution in [2.75, 3.05) is 13.1 Å². The molecule has 154 valence electrons. The lowest BCUT2D eigenvalue weighted by molar-refractivity contribution is -0.127. The maximum Gasteiger partial charge on any atom is 0.255 e. The molecule has 8 nitrogen and oxygen atoms in total. The SMILES string of the molecule is C=CC(=O)N1CCC(Oc2cnc3[nH]cc(C(=O)NC4CCC[C@@H]4F)c3n2)CC1. The minimum Gasteiger partial charge on any atom is -0.473 e. The van der Waals surface area contributed by atoms with E-state index >= 15 is 0 Å². The Morgan fingerprint density at radius 1 is 1.31 bits per heavy atom. The highest BCUT2D eigenvalue weighted by Gasteiger charge is 2.29. The van der Waals surface area contributed by atoms with Crippen LogP contribution >= 0.6 is 0 Å². The van der Waals surface area contributed by atoms with Crippen LogP contribution in [0.3, 0.4) is 0 Å². The molecular weight excluding hydrogens is 377 g/mol. The Hall–Kier alpha value is -2.97. The van der Waals surface area contributed by atoms with Crippen LogP contribution in [-0.2, 0) is 4.79 Å². The van der Waals surface area contributed by atoms with E-state index in [0.717, 1.165) is 6.42 Å². The zero-order valence-electron chi connectivity index (χ0n) is 16.1. The first-order valence-electron chi connectivity index (χ1n) is 9.92. The third-order valence-corrected chi connectivity index (χ3v) is 5.57. The van der Waals surface area contributed by atoms with Crippen molar-refractivity contribution in [1.29, 1.82) is 0 Å². The molecule has 2 aromatic rings. The van der Waals surface area contributed by atoms with Gasteiger partial charge in [-0.25, -0.2) is 14.4 Å². The summed E-state index contributed by atoms with van der Waals surface area (Å²) in [6.07, 6.45) is 6.52. The Morgan fingerprint density at radius 2 is 2.10 bits per heavy atom. The summed E-state index contributed by atoms with van der Waals surface area (Å²) in [5, 5.41) is 2.76. The van der Waals surface area contributed by atoms with E-state index in [1.54, 1.807) is 4.90 Å². The number of halogens is 1. The fourth-order valence-electron chi connectivity index (χ4n) is 3.92. The lowest BCUT2D eigenvalue weighted by atomic mass is 10.1. The molecule has 0 bridgehead atoms. The molecule has 2 aliphatic rings. The predicted molar refractivity (Wildman–Crippen MR) is 104 cm³/mol. The second-order valence-electron chi connectivity index (χ2n) is 7.48. The number of rotatable bonds is 5. The number of piperidine rings is 1. The second kappa shape index (κ2) is 8.18. The topological polar surface area (TPSA) is 100 Å². The molecule has 1 aliphatic heterocycles. The number of hydrogen-bond acceptors (Lipinski definition) is 5. The van der Waals surface area contributed by atoms with E-state index < -0.39 is 12.2 Å². The van der Waals surface area contributed by atoms with Gasteiger partial charge in [0.25, 0.3) is 5.91 Å². The first kappa shape index (κ1) is 19.4. The average molecular weight is 401 g/mol. The number of likely N-dealkylation sites (tertiary alicyclic amines) is 1. The number of ether oxygens (including phenoxy) is 1. The molecule has 2 atom stereocenters. The van der Waals surface area contributed by atoms with Crippen molar-refractivity contribution in [3.05, 3.63) is 30.6 Å². The molecule has 3 heterocycles. The smallest absolute Gasteiger partial charge is 0.255 e. The average Bonchev–Trinajstić information content (AvgIpc) is 3.34. The Labute approximate surface area is 167 Å². The quantitative estimate of drug-likeness (QED) is 0.748. The van der Waals surface area contributed by atoms with Crippen molar-refractivity contribution in [1.82, 2.24) is 25.2 Å². The molecule has 0 aromatic carbocycles. The number of nitrogens with zero attached hydrogens (tertiary/aromatic N) is 3. The van der Waals surface area contributed by atoms with E-state index in [1.807, 2.05) is 0 Å². The van der Waals surface area contributed by atoms with Crippen LogP contribution in [0.2, 0.25) is 0 Å². The van der Waals surface area contributed by atoms with Crippen LogP contribution in [0, 0.1) is 0 Å². The van der Waals surface area contributed by atoms with Gasteiger partial charge in [0.2, 0.25) is 11.8 Å². The summed E-state index contributed by atoms with van der Waals surface area (Å²) in [6, 6.07) is -0.455. The Kier molecular flexibility index (Phi) is 5.46. The van der Waals surface area contributed by atoms with Crippen molar-refractivity contribution in [3.63, 3.8) is 0 Å². The summed E-state index contributed by atoms with van der Waals surface area (Å²) >= 11 is 0. The van der Waals surface area contributed by atoms with Gasteiger partial charge in [-0.1, -0.05) is 6.58 Å². The maximum absolute atomic E-state index is 13.8. The number of aromatic nitrogens is 3. The molecule has 1 saturated heterocycles. The van der Waals surface area contributed by atoms with Gasteiger partial charge in [-0.05, 0) is 25.3 Å². The monoisotopic (exact) mass is 401 g/mol. The molecule has 2 amide bonds. The van der Waals surface area contributed by atoms with Gasteiger partial charge in [-0.2, -0.15) is 0 Å².